The fourth-order valence-electron chi connectivity index (χ4n) is 1.03. The molecule has 0 atom stereocenters. The van der Waals surface area contributed by atoms with Crippen molar-refractivity contribution in [3.8, 4) is 0 Å². The standard InChI is InChI=1S/C10H14N2/c1-4-5-11-10-9(3)6-8(2)7-12-10/h4-7H,1-3H3,(H,11,12)/b5-4-. The van der Waals surface area contributed by atoms with E-state index in [1.807, 2.05) is 39.2 Å². The van der Waals surface area contributed by atoms with Crippen LogP contribution in [0.4, 0.5) is 5.82 Å². The third-order valence-electron chi connectivity index (χ3n) is 1.60. The first-order chi connectivity index (χ1) is 5.74. The normalized spacial score (nSPS) is 10.6. The van der Waals surface area contributed by atoms with Gasteiger partial charge in [-0.05, 0) is 38.1 Å². The van der Waals surface area contributed by atoms with Gasteiger partial charge in [-0.3, -0.25) is 0 Å². The van der Waals surface area contributed by atoms with E-state index in [1.54, 1.807) is 0 Å². The smallest absolute Gasteiger partial charge is 0.132 e. The second-order valence-electron chi connectivity index (χ2n) is 2.82. The molecule has 1 N–H and O–H groups in total. The van der Waals surface area contributed by atoms with E-state index in [2.05, 4.69) is 16.4 Å². The summed E-state index contributed by atoms with van der Waals surface area (Å²) >= 11 is 0. The van der Waals surface area contributed by atoms with Crippen LogP contribution in [0.5, 0.6) is 0 Å². The summed E-state index contributed by atoms with van der Waals surface area (Å²) < 4.78 is 0. The van der Waals surface area contributed by atoms with E-state index in [0.29, 0.717) is 0 Å². The third-order valence-corrected chi connectivity index (χ3v) is 1.60. The number of rotatable bonds is 2. The topological polar surface area (TPSA) is 24.9 Å². The van der Waals surface area contributed by atoms with Crippen LogP contribution in [0.3, 0.4) is 0 Å². The maximum atomic E-state index is 4.25. The molecule has 0 aliphatic heterocycles. The molecule has 0 spiro atoms. The first-order valence-electron chi connectivity index (χ1n) is 4.05. The summed E-state index contributed by atoms with van der Waals surface area (Å²) in [6, 6.07) is 2.11. The zero-order chi connectivity index (χ0) is 8.97. The maximum absolute atomic E-state index is 4.25. The molecule has 1 rings (SSSR count). The lowest BCUT2D eigenvalue weighted by molar-refractivity contribution is 1.21. The summed E-state index contributed by atoms with van der Waals surface area (Å²) in [5, 5.41) is 3.10. The molecule has 0 aromatic carbocycles. The van der Waals surface area contributed by atoms with Gasteiger partial charge >= 0.3 is 0 Å². The molecule has 2 nitrogen and oxygen atoms in total. The van der Waals surface area contributed by atoms with Gasteiger partial charge in [-0.15, -0.1) is 0 Å². The molecular weight excluding hydrogens is 148 g/mol. The predicted octanol–water partition coefficient (Wildman–Crippen LogP) is 2.64. The Kier molecular flexibility index (Phi) is 2.86. The number of hydrogen-bond acceptors (Lipinski definition) is 2. The summed E-state index contributed by atoms with van der Waals surface area (Å²) in [7, 11) is 0. The molecule has 1 aromatic heterocycles. The van der Waals surface area contributed by atoms with Crippen molar-refractivity contribution in [2.75, 3.05) is 5.32 Å². The summed E-state index contributed by atoms with van der Waals surface area (Å²) in [5.74, 6) is 0.929. The Morgan fingerprint density at radius 1 is 1.42 bits per heavy atom. The lowest BCUT2D eigenvalue weighted by Crippen LogP contribution is -1.94. The fourth-order valence-corrected chi connectivity index (χ4v) is 1.03. The number of allylic oxidation sites excluding steroid dienone is 1. The van der Waals surface area contributed by atoms with Crippen molar-refractivity contribution in [1.82, 2.24) is 4.98 Å². The maximum Gasteiger partial charge on any atom is 0.132 e. The van der Waals surface area contributed by atoms with E-state index in [-0.39, 0.29) is 0 Å². The molecule has 2 heteroatoms. The number of nitrogens with zero attached hydrogens (tertiary/aromatic N) is 1. The van der Waals surface area contributed by atoms with E-state index in [9.17, 15) is 0 Å². The molecule has 1 heterocycles. The van der Waals surface area contributed by atoms with Crippen LogP contribution in [0.2, 0.25) is 0 Å². The molecule has 0 amide bonds. The van der Waals surface area contributed by atoms with E-state index < -0.39 is 0 Å². The zero-order valence-corrected chi connectivity index (χ0v) is 7.76. The van der Waals surface area contributed by atoms with Crippen molar-refractivity contribution in [3.05, 3.63) is 35.7 Å². The highest BCUT2D eigenvalue weighted by Crippen LogP contribution is 2.11. The van der Waals surface area contributed by atoms with Crippen LogP contribution in [0.25, 0.3) is 0 Å². The summed E-state index contributed by atoms with van der Waals surface area (Å²) in [4.78, 5) is 4.25. The molecule has 0 bridgehead atoms. The fraction of sp³-hybridized carbons (Fsp3) is 0.300. The Hall–Kier alpha value is -1.31. The molecule has 0 unspecified atom stereocenters. The quantitative estimate of drug-likeness (QED) is 0.723. The zero-order valence-electron chi connectivity index (χ0n) is 7.76. The van der Waals surface area contributed by atoms with Crippen molar-refractivity contribution in [2.45, 2.75) is 20.8 Å². The lowest BCUT2D eigenvalue weighted by Gasteiger charge is -2.03. The van der Waals surface area contributed by atoms with E-state index in [0.717, 1.165) is 5.82 Å². The van der Waals surface area contributed by atoms with Crippen LogP contribution >= 0.6 is 0 Å². The van der Waals surface area contributed by atoms with Gasteiger partial charge in [-0.1, -0.05) is 12.1 Å². The number of aryl methyl sites for hydroxylation is 2. The number of nitrogens with one attached hydrogen (secondary N) is 1. The average Bonchev–Trinajstić information content (AvgIpc) is 2.03. The Bertz CT molecular complexity index is 290. The van der Waals surface area contributed by atoms with Crippen LogP contribution in [0.15, 0.2) is 24.5 Å². The molecular formula is C10H14N2. The number of pyridine rings is 1. The van der Waals surface area contributed by atoms with Crippen molar-refractivity contribution < 1.29 is 0 Å². The second kappa shape index (κ2) is 3.90. The van der Waals surface area contributed by atoms with Crippen molar-refractivity contribution in [1.29, 1.82) is 0 Å². The lowest BCUT2D eigenvalue weighted by atomic mass is 10.2. The summed E-state index contributed by atoms with van der Waals surface area (Å²) in [5.41, 5.74) is 2.37. The SMILES string of the molecule is C/C=C\Nc1ncc(C)cc1C. The molecule has 0 radical (unpaired) electrons. The highest BCUT2D eigenvalue weighted by atomic mass is 15.0. The first-order valence-corrected chi connectivity index (χ1v) is 4.05. The minimum Gasteiger partial charge on any atom is -0.347 e. The minimum absolute atomic E-state index is 0.929. The van der Waals surface area contributed by atoms with E-state index >= 15 is 0 Å². The number of aromatic nitrogens is 1. The van der Waals surface area contributed by atoms with Crippen molar-refractivity contribution in [3.63, 3.8) is 0 Å². The Labute approximate surface area is 73.3 Å². The Balaban J connectivity index is 2.86. The highest BCUT2D eigenvalue weighted by molar-refractivity contribution is 5.46. The van der Waals surface area contributed by atoms with Gasteiger partial charge in [-0.25, -0.2) is 4.98 Å². The van der Waals surface area contributed by atoms with E-state index in [1.165, 1.54) is 11.1 Å². The molecule has 0 saturated carbocycles. The third kappa shape index (κ3) is 2.09. The van der Waals surface area contributed by atoms with Crippen molar-refractivity contribution in [2.24, 2.45) is 0 Å². The summed E-state index contributed by atoms with van der Waals surface area (Å²) in [6.07, 6.45) is 5.68. The van der Waals surface area contributed by atoms with E-state index in [4.69, 9.17) is 0 Å². The van der Waals surface area contributed by atoms with Gasteiger partial charge < -0.3 is 5.32 Å². The van der Waals surface area contributed by atoms with Gasteiger partial charge in [0.05, 0.1) is 0 Å². The van der Waals surface area contributed by atoms with Gasteiger partial charge in [-0.2, -0.15) is 0 Å². The Morgan fingerprint density at radius 3 is 2.75 bits per heavy atom. The predicted molar refractivity (Wildman–Crippen MR) is 52.1 cm³/mol. The molecule has 0 aliphatic carbocycles. The van der Waals surface area contributed by atoms with Gasteiger partial charge in [0.15, 0.2) is 0 Å². The first kappa shape index (κ1) is 8.78. The van der Waals surface area contributed by atoms with Crippen molar-refractivity contribution >= 4 is 5.82 Å². The second-order valence-corrected chi connectivity index (χ2v) is 2.82. The average molecular weight is 162 g/mol. The Morgan fingerprint density at radius 2 is 2.17 bits per heavy atom. The van der Waals surface area contributed by atoms with Gasteiger partial charge in [0.25, 0.3) is 0 Å². The number of anilines is 1. The van der Waals surface area contributed by atoms with Gasteiger partial charge in [0.1, 0.15) is 5.82 Å². The van der Waals surface area contributed by atoms with Crippen LogP contribution in [0.1, 0.15) is 18.1 Å². The van der Waals surface area contributed by atoms with Crippen LogP contribution in [0, 0.1) is 13.8 Å². The minimum atomic E-state index is 0.929. The summed E-state index contributed by atoms with van der Waals surface area (Å²) in [6.45, 7) is 6.06. The van der Waals surface area contributed by atoms with Crippen LogP contribution in [-0.2, 0) is 0 Å². The van der Waals surface area contributed by atoms with Crippen LogP contribution in [-0.4, -0.2) is 4.98 Å². The molecule has 64 valence electrons. The molecule has 0 fully saturated rings. The molecule has 12 heavy (non-hydrogen) atoms. The van der Waals surface area contributed by atoms with Crippen LogP contribution < -0.4 is 5.32 Å². The monoisotopic (exact) mass is 162 g/mol. The van der Waals surface area contributed by atoms with Gasteiger partial charge in [0.2, 0.25) is 0 Å². The van der Waals surface area contributed by atoms with Gasteiger partial charge in [0, 0.05) is 6.20 Å². The highest BCUT2D eigenvalue weighted by Gasteiger charge is 1.95. The largest absolute Gasteiger partial charge is 0.347 e. The molecule has 0 saturated heterocycles. The molecule has 1 aromatic rings. The molecule has 0 aliphatic rings. The number of hydrogen-bond donors (Lipinski definition) is 1.